The van der Waals surface area contributed by atoms with Crippen molar-refractivity contribution in [2.75, 3.05) is 12.4 Å². The Morgan fingerprint density at radius 2 is 1.87 bits per heavy atom. The maximum absolute atomic E-state index is 11.3. The molecule has 0 saturated carbocycles. The summed E-state index contributed by atoms with van der Waals surface area (Å²) in [6, 6.07) is 8.02. The van der Waals surface area contributed by atoms with Crippen molar-refractivity contribution in [3.63, 3.8) is 0 Å². The van der Waals surface area contributed by atoms with Crippen LogP contribution >= 0.6 is 0 Å². The molecule has 1 aromatic carbocycles. The Kier molecular flexibility index (Phi) is 3.89. The van der Waals surface area contributed by atoms with Gasteiger partial charge in [0.05, 0.1) is 5.41 Å². The second-order valence-corrected chi connectivity index (χ2v) is 3.78. The number of aldehydes is 1. The summed E-state index contributed by atoms with van der Waals surface area (Å²) in [4.78, 5) is 11.3. The summed E-state index contributed by atoms with van der Waals surface area (Å²) in [5, 5.41) is 3.14. The number of carbonyl (C=O) groups is 1. The summed E-state index contributed by atoms with van der Waals surface area (Å²) in [5.41, 5.74) is 1.82. The van der Waals surface area contributed by atoms with Crippen LogP contribution in [-0.2, 0) is 10.2 Å². The second kappa shape index (κ2) is 4.96. The highest BCUT2D eigenvalue weighted by Gasteiger charge is 2.29. The van der Waals surface area contributed by atoms with E-state index in [4.69, 9.17) is 0 Å². The minimum Gasteiger partial charge on any atom is -0.388 e. The van der Waals surface area contributed by atoms with Crippen molar-refractivity contribution in [2.45, 2.75) is 32.1 Å². The summed E-state index contributed by atoms with van der Waals surface area (Å²) in [5.74, 6) is 0. The van der Waals surface area contributed by atoms with Gasteiger partial charge in [-0.25, -0.2) is 0 Å². The first-order valence-corrected chi connectivity index (χ1v) is 5.47. The average molecular weight is 205 g/mol. The molecule has 1 N–H and O–H groups in total. The highest BCUT2D eigenvalue weighted by Crippen LogP contribution is 2.34. The molecule has 1 aromatic rings. The van der Waals surface area contributed by atoms with Crippen LogP contribution in [0.5, 0.6) is 0 Å². The third-order valence-electron chi connectivity index (χ3n) is 3.22. The lowest BCUT2D eigenvalue weighted by Crippen LogP contribution is -2.27. The molecular weight excluding hydrogens is 186 g/mol. The number of hydrogen-bond acceptors (Lipinski definition) is 2. The molecule has 0 aromatic heterocycles. The molecule has 0 saturated heterocycles. The zero-order chi connectivity index (χ0) is 11.3. The van der Waals surface area contributed by atoms with Crippen molar-refractivity contribution in [3.05, 3.63) is 29.8 Å². The summed E-state index contributed by atoms with van der Waals surface area (Å²) < 4.78 is 0. The van der Waals surface area contributed by atoms with Crippen LogP contribution in [-0.4, -0.2) is 13.3 Å². The lowest BCUT2D eigenvalue weighted by atomic mass is 9.76. The normalized spacial score (nSPS) is 11.1. The number of hydrogen-bond donors (Lipinski definition) is 1. The highest BCUT2D eigenvalue weighted by atomic mass is 16.1. The largest absolute Gasteiger partial charge is 0.388 e. The fourth-order valence-corrected chi connectivity index (χ4v) is 2.00. The molecule has 0 bridgehead atoms. The number of benzene rings is 1. The van der Waals surface area contributed by atoms with E-state index in [1.54, 1.807) is 0 Å². The van der Waals surface area contributed by atoms with Crippen molar-refractivity contribution in [1.82, 2.24) is 0 Å². The molecule has 2 nitrogen and oxygen atoms in total. The van der Waals surface area contributed by atoms with E-state index in [1.165, 1.54) is 0 Å². The Bertz CT molecular complexity index is 329. The Morgan fingerprint density at radius 3 is 2.33 bits per heavy atom. The van der Waals surface area contributed by atoms with Crippen LogP contribution in [0.4, 0.5) is 5.69 Å². The van der Waals surface area contributed by atoms with Gasteiger partial charge in [0, 0.05) is 12.7 Å². The van der Waals surface area contributed by atoms with Gasteiger partial charge in [0.25, 0.3) is 0 Å². The lowest BCUT2D eigenvalue weighted by Gasteiger charge is -2.27. The fourth-order valence-electron chi connectivity index (χ4n) is 2.00. The van der Waals surface area contributed by atoms with Crippen molar-refractivity contribution >= 4 is 12.0 Å². The quantitative estimate of drug-likeness (QED) is 0.749. The summed E-state index contributed by atoms with van der Waals surface area (Å²) in [6.07, 6.45) is 2.76. The topological polar surface area (TPSA) is 29.1 Å². The number of para-hydroxylation sites is 1. The molecule has 2 heteroatoms. The Labute approximate surface area is 91.7 Å². The first-order chi connectivity index (χ1) is 7.24. The fraction of sp³-hybridized carbons (Fsp3) is 0.462. The molecule has 0 heterocycles. The molecule has 0 amide bonds. The first-order valence-electron chi connectivity index (χ1n) is 5.47. The summed E-state index contributed by atoms with van der Waals surface area (Å²) >= 11 is 0. The molecule has 0 atom stereocenters. The molecule has 1 rings (SSSR count). The van der Waals surface area contributed by atoms with Gasteiger partial charge in [-0.2, -0.15) is 0 Å². The number of rotatable bonds is 5. The van der Waals surface area contributed by atoms with E-state index >= 15 is 0 Å². The van der Waals surface area contributed by atoms with Crippen LogP contribution in [0.3, 0.4) is 0 Å². The summed E-state index contributed by atoms with van der Waals surface area (Å²) in [7, 11) is 1.89. The van der Waals surface area contributed by atoms with Gasteiger partial charge in [0.15, 0.2) is 0 Å². The predicted octanol–water partition coefficient (Wildman–Crippen LogP) is 2.99. The van der Waals surface area contributed by atoms with Gasteiger partial charge in [-0.1, -0.05) is 32.0 Å². The van der Waals surface area contributed by atoms with Gasteiger partial charge in [-0.3, -0.25) is 0 Å². The molecule has 82 valence electrons. The van der Waals surface area contributed by atoms with Crippen molar-refractivity contribution in [3.8, 4) is 0 Å². The third kappa shape index (κ3) is 2.04. The van der Waals surface area contributed by atoms with Gasteiger partial charge >= 0.3 is 0 Å². The van der Waals surface area contributed by atoms with E-state index in [0.29, 0.717) is 0 Å². The molecule has 0 spiro atoms. The zero-order valence-electron chi connectivity index (χ0n) is 9.71. The predicted molar refractivity (Wildman–Crippen MR) is 64.3 cm³/mol. The molecule has 0 unspecified atom stereocenters. The van der Waals surface area contributed by atoms with Gasteiger partial charge in [-0.15, -0.1) is 0 Å². The van der Waals surface area contributed by atoms with Gasteiger partial charge in [0.2, 0.25) is 0 Å². The molecule has 0 aliphatic rings. The van der Waals surface area contributed by atoms with E-state index in [0.717, 1.165) is 30.4 Å². The monoisotopic (exact) mass is 205 g/mol. The second-order valence-electron chi connectivity index (χ2n) is 3.78. The SMILES string of the molecule is CCC(C=O)(CC)c1ccccc1NC. The maximum Gasteiger partial charge on any atom is 0.130 e. The minimum atomic E-state index is -0.334. The Morgan fingerprint density at radius 1 is 1.27 bits per heavy atom. The van der Waals surface area contributed by atoms with Crippen LogP contribution in [0.25, 0.3) is 0 Å². The van der Waals surface area contributed by atoms with E-state index < -0.39 is 0 Å². The van der Waals surface area contributed by atoms with Crippen LogP contribution < -0.4 is 5.32 Å². The van der Waals surface area contributed by atoms with Crippen molar-refractivity contribution in [2.24, 2.45) is 0 Å². The van der Waals surface area contributed by atoms with E-state index in [-0.39, 0.29) is 5.41 Å². The van der Waals surface area contributed by atoms with E-state index in [9.17, 15) is 4.79 Å². The average Bonchev–Trinajstić information content (AvgIpc) is 2.33. The van der Waals surface area contributed by atoms with Gasteiger partial charge in [-0.05, 0) is 24.5 Å². The molecule has 0 radical (unpaired) electrons. The van der Waals surface area contributed by atoms with E-state index in [2.05, 4.69) is 19.2 Å². The number of nitrogens with one attached hydrogen (secondary N) is 1. The molecule has 0 aliphatic carbocycles. The van der Waals surface area contributed by atoms with Crippen LogP contribution in [0.2, 0.25) is 0 Å². The van der Waals surface area contributed by atoms with Crippen LogP contribution in [0, 0.1) is 0 Å². The van der Waals surface area contributed by atoms with Gasteiger partial charge < -0.3 is 10.1 Å². The van der Waals surface area contributed by atoms with Gasteiger partial charge in [0.1, 0.15) is 6.29 Å². The molecular formula is C13H19NO. The standard InChI is InChI=1S/C13H19NO/c1-4-13(5-2,10-15)11-8-6-7-9-12(11)14-3/h6-10,14H,4-5H2,1-3H3. The minimum absolute atomic E-state index is 0.334. The molecule has 0 fully saturated rings. The maximum atomic E-state index is 11.3. The Balaban J connectivity index is 3.27. The van der Waals surface area contributed by atoms with Crippen molar-refractivity contribution < 1.29 is 4.79 Å². The lowest BCUT2D eigenvalue weighted by molar-refractivity contribution is -0.112. The van der Waals surface area contributed by atoms with Crippen molar-refractivity contribution in [1.29, 1.82) is 0 Å². The molecule has 15 heavy (non-hydrogen) atoms. The number of carbonyl (C=O) groups excluding carboxylic acids is 1. The highest BCUT2D eigenvalue weighted by molar-refractivity contribution is 5.73. The Hall–Kier alpha value is -1.31. The molecule has 0 aliphatic heterocycles. The number of anilines is 1. The first kappa shape index (κ1) is 11.8. The zero-order valence-corrected chi connectivity index (χ0v) is 9.71. The third-order valence-corrected chi connectivity index (χ3v) is 3.22. The van der Waals surface area contributed by atoms with Crippen LogP contribution in [0.1, 0.15) is 32.3 Å². The van der Waals surface area contributed by atoms with Crippen LogP contribution in [0.15, 0.2) is 24.3 Å². The smallest absolute Gasteiger partial charge is 0.130 e. The van der Waals surface area contributed by atoms with E-state index in [1.807, 2.05) is 31.3 Å². The summed E-state index contributed by atoms with van der Waals surface area (Å²) in [6.45, 7) is 4.12.